The van der Waals surface area contributed by atoms with E-state index in [1.54, 1.807) is 0 Å². The molecule has 0 unspecified atom stereocenters. The van der Waals surface area contributed by atoms with E-state index < -0.39 is 0 Å². The smallest absolute Gasteiger partial charge is 0.224 e. The molecule has 0 radical (unpaired) electrons. The minimum atomic E-state index is 0.633. The van der Waals surface area contributed by atoms with Crippen molar-refractivity contribution in [3.8, 4) is 0 Å². The molecule has 0 saturated heterocycles. The molecule has 160 valence electrons. The van der Waals surface area contributed by atoms with Crippen molar-refractivity contribution >= 4 is 54.7 Å². The van der Waals surface area contributed by atoms with Crippen LogP contribution in [0.2, 0.25) is 0 Å². The summed E-state index contributed by atoms with van der Waals surface area (Å²) in [5, 5.41) is 6.32. The largest absolute Gasteiger partial charge is 0.317 e. The molecule has 3 heterocycles. The number of hydrogen-bond donors (Lipinski definition) is 0. The van der Waals surface area contributed by atoms with Gasteiger partial charge in [0.05, 0.1) is 33.9 Å². The van der Waals surface area contributed by atoms with Gasteiger partial charge in [0.25, 0.3) is 0 Å². The second-order valence-electron chi connectivity index (χ2n) is 9.89. The van der Waals surface area contributed by atoms with Crippen molar-refractivity contribution in [3.63, 3.8) is 0 Å². The number of pyridine rings is 2. The minimum absolute atomic E-state index is 0.633. The predicted octanol–water partition coefficient (Wildman–Crippen LogP) is 7.72. The summed E-state index contributed by atoms with van der Waals surface area (Å²) >= 11 is 0. The molecule has 1 aliphatic rings. The van der Waals surface area contributed by atoms with E-state index in [0.717, 1.165) is 11.2 Å². The van der Waals surface area contributed by atoms with E-state index in [0.29, 0.717) is 5.92 Å². The molecule has 1 fully saturated rings. The van der Waals surface area contributed by atoms with Crippen molar-refractivity contribution < 1.29 is 4.57 Å². The highest BCUT2D eigenvalue weighted by molar-refractivity contribution is 6.27. The Hall–Kier alpha value is -3.64. The molecular formula is C30H26N3+. The predicted molar refractivity (Wildman–Crippen MR) is 137 cm³/mol. The lowest BCUT2D eigenvalue weighted by Crippen LogP contribution is -2.29. The first kappa shape index (κ1) is 18.9. The van der Waals surface area contributed by atoms with E-state index in [1.807, 2.05) is 12.1 Å². The van der Waals surface area contributed by atoms with Gasteiger partial charge in [0.1, 0.15) is 7.05 Å². The number of benzene rings is 3. The number of aromatic nitrogens is 2. The minimum Gasteiger partial charge on any atom is -0.317 e. The van der Waals surface area contributed by atoms with Gasteiger partial charge in [0.15, 0.2) is 6.20 Å². The number of fused-ring (bicyclic) bond motifs is 5. The van der Waals surface area contributed by atoms with E-state index in [2.05, 4.69) is 70.4 Å². The monoisotopic (exact) mass is 428 g/mol. The third-order valence-electron chi connectivity index (χ3n) is 8.05. The van der Waals surface area contributed by atoms with Crippen LogP contribution in [0.25, 0.3) is 53.8 Å². The van der Waals surface area contributed by atoms with Crippen molar-refractivity contribution in [2.75, 3.05) is 0 Å². The van der Waals surface area contributed by atoms with Crippen LogP contribution in [-0.4, -0.2) is 4.40 Å². The van der Waals surface area contributed by atoms with E-state index in [4.69, 9.17) is 6.57 Å². The van der Waals surface area contributed by atoms with Gasteiger partial charge in [-0.05, 0) is 53.6 Å². The average molecular weight is 429 g/mol. The highest BCUT2D eigenvalue weighted by atomic mass is 15.0. The molecule has 0 spiro atoms. The first-order valence-corrected chi connectivity index (χ1v) is 12.1. The lowest BCUT2D eigenvalue weighted by Gasteiger charge is -2.23. The number of para-hydroxylation sites is 1. The molecule has 0 amide bonds. The highest BCUT2D eigenvalue weighted by Gasteiger charge is 2.26. The molecule has 0 bridgehead atoms. The molecule has 1 aliphatic carbocycles. The summed E-state index contributed by atoms with van der Waals surface area (Å²) in [6, 6.07) is 17.8. The maximum atomic E-state index is 7.92. The molecule has 3 nitrogen and oxygen atoms in total. The van der Waals surface area contributed by atoms with Gasteiger partial charge < -0.3 is 4.40 Å². The molecule has 33 heavy (non-hydrogen) atoms. The molecule has 6 aromatic rings. The van der Waals surface area contributed by atoms with E-state index in [1.165, 1.54) is 86.7 Å². The first-order chi connectivity index (χ1) is 16.2. The standard InChI is InChI=1S/C30H26N3/c1-18-12-13-23-22-10-7-11-24(31-2)28(22)33-25-17-21(19-8-5-4-6-9-19)16-20-14-15-32(3)30(27(20)25)26(18)29(23)33/h7,10-17,19H,4-6,8-9H2,1,3H3/q+1. The van der Waals surface area contributed by atoms with Crippen LogP contribution in [0, 0.1) is 13.5 Å². The lowest BCUT2D eigenvalue weighted by molar-refractivity contribution is -0.643. The first-order valence-electron chi connectivity index (χ1n) is 12.1. The van der Waals surface area contributed by atoms with Crippen LogP contribution >= 0.6 is 0 Å². The summed E-state index contributed by atoms with van der Waals surface area (Å²) in [4.78, 5) is 3.95. The fraction of sp³-hybridized carbons (Fsp3) is 0.267. The van der Waals surface area contributed by atoms with Crippen LogP contribution in [-0.2, 0) is 7.05 Å². The maximum absolute atomic E-state index is 7.92. The van der Waals surface area contributed by atoms with Crippen molar-refractivity contribution in [1.29, 1.82) is 0 Å². The maximum Gasteiger partial charge on any atom is 0.224 e. The van der Waals surface area contributed by atoms with Crippen LogP contribution < -0.4 is 4.57 Å². The van der Waals surface area contributed by atoms with Gasteiger partial charge in [-0.15, -0.1) is 0 Å². The Balaban J connectivity index is 1.81. The lowest BCUT2D eigenvalue weighted by atomic mass is 9.83. The molecule has 0 aliphatic heterocycles. The Bertz CT molecular complexity index is 1770. The second-order valence-corrected chi connectivity index (χ2v) is 9.89. The molecule has 7 rings (SSSR count). The summed E-state index contributed by atoms with van der Waals surface area (Å²) in [7, 11) is 2.16. The topological polar surface area (TPSA) is 12.6 Å². The normalized spacial score (nSPS) is 15.4. The summed E-state index contributed by atoms with van der Waals surface area (Å²) in [6.07, 6.45) is 8.79. The molecule has 0 atom stereocenters. The van der Waals surface area contributed by atoms with Crippen LogP contribution in [0.1, 0.15) is 49.1 Å². The van der Waals surface area contributed by atoms with Crippen molar-refractivity contribution in [1.82, 2.24) is 4.40 Å². The molecular weight excluding hydrogens is 402 g/mol. The van der Waals surface area contributed by atoms with Gasteiger partial charge in [-0.25, -0.2) is 9.41 Å². The van der Waals surface area contributed by atoms with Crippen LogP contribution in [0.5, 0.6) is 0 Å². The van der Waals surface area contributed by atoms with Crippen molar-refractivity contribution in [2.24, 2.45) is 7.05 Å². The molecule has 0 N–H and O–H groups in total. The molecule has 3 aromatic carbocycles. The van der Waals surface area contributed by atoms with Gasteiger partial charge in [0.2, 0.25) is 11.2 Å². The number of nitrogens with zero attached hydrogens (tertiary/aromatic N) is 3. The van der Waals surface area contributed by atoms with E-state index in [-0.39, 0.29) is 0 Å². The third kappa shape index (κ3) is 2.41. The Morgan fingerprint density at radius 3 is 2.58 bits per heavy atom. The Kier molecular flexibility index (Phi) is 3.82. The Labute approximate surface area is 193 Å². The fourth-order valence-electron chi connectivity index (χ4n) is 6.52. The SMILES string of the molecule is [C-]#[N+]c1cccc2c3ccc(C)c4c3n(c3cc(C5CCCCC5)cc5cc[n+](C)c4c53)c12. The highest BCUT2D eigenvalue weighted by Crippen LogP contribution is 2.44. The molecule has 3 aromatic heterocycles. The summed E-state index contributed by atoms with van der Waals surface area (Å²) in [5.41, 5.74) is 8.30. The third-order valence-corrected chi connectivity index (χ3v) is 8.05. The number of aryl methyl sites for hydroxylation is 2. The van der Waals surface area contributed by atoms with Gasteiger partial charge in [0, 0.05) is 11.5 Å². The summed E-state index contributed by atoms with van der Waals surface area (Å²) < 4.78 is 4.70. The van der Waals surface area contributed by atoms with Gasteiger partial charge >= 0.3 is 0 Å². The van der Waals surface area contributed by atoms with Gasteiger partial charge in [-0.3, -0.25) is 0 Å². The van der Waals surface area contributed by atoms with Crippen molar-refractivity contribution in [3.05, 3.63) is 77.3 Å². The van der Waals surface area contributed by atoms with Gasteiger partial charge in [-0.1, -0.05) is 55.7 Å². The van der Waals surface area contributed by atoms with Crippen LogP contribution in [0.4, 0.5) is 5.69 Å². The second kappa shape index (κ2) is 6.68. The zero-order valence-electron chi connectivity index (χ0n) is 19.2. The Morgan fingerprint density at radius 2 is 1.76 bits per heavy atom. The molecule has 3 heteroatoms. The number of hydrogen-bond acceptors (Lipinski definition) is 0. The average Bonchev–Trinajstić information content (AvgIpc) is 3.20. The van der Waals surface area contributed by atoms with Crippen molar-refractivity contribution in [2.45, 2.75) is 44.9 Å². The Morgan fingerprint density at radius 1 is 0.939 bits per heavy atom. The molecule has 1 saturated carbocycles. The van der Waals surface area contributed by atoms with Gasteiger partial charge in [-0.2, -0.15) is 0 Å². The summed E-state index contributed by atoms with van der Waals surface area (Å²) in [5.74, 6) is 0.633. The zero-order chi connectivity index (χ0) is 22.3. The van der Waals surface area contributed by atoms with E-state index >= 15 is 0 Å². The van der Waals surface area contributed by atoms with E-state index in [9.17, 15) is 0 Å². The van der Waals surface area contributed by atoms with Crippen LogP contribution in [0.15, 0.2) is 54.7 Å². The quantitative estimate of drug-likeness (QED) is 0.110. The number of rotatable bonds is 1. The summed E-state index contributed by atoms with van der Waals surface area (Å²) in [6.45, 7) is 10.1. The van der Waals surface area contributed by atoms with Crippen LogP contribution in [0.3, 0.4) is 0 Å². The zero-order valence-corrected chi connectivity index (χ0v) is 19.2. The fourth-order valence-corrected chi connectivity index (χ4v) is 6.52.